The first-order chi connectivity index (χ1) is 12.7. The number of carbonyl (C=O) groups excluding carboxylic acids is 1. The van der Waals surface area contributed by atoms with Gasteiger partial charge in [0.15, 0.2) is 5.60 Å². The topological polar surface area (TPSA) is 48.7 Å². The lowest BCUT2D eigenvalue weighted by molar-refractivity contribution is 0.00729. The fourth-order valence-electron chi connectivity index (χ4n) is 2.49. The summed E-state index contributed by atoms with van der Waals surface area (Å²) < 4.78 is 14.4. The summed E-state index contributed by atoms with van der Waals surface area (Å²) in [6.45, 7) is 2.95. The van der Waals surface area contributed by atoms with Crippen LogP contribution < -0.4 is 4.74 Å². The van der Waals surface area contributed by atoms with Crippen molar-refractivity contribution in [3.63, 3.8) is 0 Å². The van der Waals surface area contributed by atoms with E-state index in [-0.39, 0.29) is 5.95 Å². The zero-order chi connectivity index (χ0) is 19.7. The molecule has 0 saturated heterocycles. The quantitative estimate of drug-likeness (QED) is 0.344. The van der Waals surface area contributed by atoms with Crippen molar-refractivity contribution in [3.05, 3.63) is 65.7 Å². The number of fused-ring (bicyclic) bond motifs is 1. The van der Waals surface area contributed by atoms with E-state index < -0.39 is 15.5 Å². The Hall–Kier alpha value is -1.88. The van der Waals surface area contributed by atoms with Crippen molar-refractivity contribution in [2.45, 2.75) is 29.7 Å². The van der Waals surface area contributed by atoms with E-state index >= 15 is 0 Å². The maximum Gasteiger partial charge on any atom is 0.516 e. The summed E-state index contributed by atoms with van der Waals surface area (Å²) in [7, 11) is 0. The first kappa shape index (κ1) is 19.9. The number of alkyl halides is 3. The Bertz CT molecular complexity index is 943. The molecule has 142 valence electrons. The van der Waals surface area contributed by atoms with E-state index in [1.54, 1.807) is 6.07 Å². The lowest BCUT2D eigenvalue weighted by atomic mass is 10.0. The highest BCUT2D eigenvalue weighted by Crippen LogP contribution is 2.41. The van der Waals surface area contributed by atoms with Crippen molar-refractivity contribution in [2.24, 2.45) is 0 Å². The van der Waals surface area contributed by atoms with E-state index in [1.165, 1.54) is 13.8 Å². The second-order valence-electron chi connectivity index (χ2n) is 6.49. The van der Waals surface area contributed by atoms with Gasteiger partial charge in [0.05, 0.1) is 0 Å². The highest BCUT2D eigenvalue weighted by Gasteiger charge is 2.45. The summed E-state index contributed by atoms with van der Waals surface area (Å²) in [6, 6.07) is 17.2. The van der Waals surface area contributed by atoms with Crippen LogP contribution in [0.2, 0.25) is 0 Å². The molecular formula is C20H17Cl3O4. The molecule has 3 aromatic rings. The van der Waals surface area contributed by atoms with E-state index in [2.05, 4.69) is 0 Å². The molecule has 0 unspecified atom stereocenters. The smallest absolute Gasteiger partial charge is 0.425 e. The molecule has 0 fully saturated rings. The molecule has 0 N–H and O–H groups in total. The zero-order valence-corrected chi connectivity index (χ0v) is 16.9. The van der Waals surface area contributed by atoms with Crippen molar-refractivity contribution in [2.75, 3.05) is 0 Å². The Labute approximate surface area is 171 Å². The molecule has 27 heavy (non-hydrogen) atoms. The van der Waals surface area contributed by atoms with E-state index in [4.69, 9.17) is 48.7 Å². The predicted molar refractivity (Wildman–Crippen MR) is 107 cm³/mol. The van der Waals surface area contributed by atoms with Crippen molar-refractivity contribution in [1.29, 1.82) is 0 Å². The molecule has 2 aromatic carbocycles. The Morgan fingerprint density at radius 3 is 2.30 bits per heavy atom. The van der Waals surface area contributed by atoms with E-state index in [9.17, 15) is 4.79 Å². The van der Waals surface area contributed by atoms with Gasteiger partial charge in [-0.05, 0) is 25.5 Å². The molecule has 0 amide bonds. The monoisotopic (exact) mass is 426 g/mol. The highest BCUT2D eigenvalue weighted by molar-refractivity contribution is 6.68. The molecule has 0 aliphatic heterocycles. The van der Waals surface area contributed by atoms with Gasteiger partial charge in [0, 0.05) is 17.4 Å². The number of halogens is 3. The second-order valence-corrected chi connectivity index (χ2v) is 8.77. The van der Waals surface area contributed by atoms with Gasteiger partial charge in [-0.2, -0.15) is 0 Å². The van der Waals surface area contributed by atoms with Gasteiger partial charge in [0.1, 0.15) is 5.58 Å². The fourth-order valence-corrected chi connectivity index (χ4v) is 2.60. The lowest BCUT2D eigenvalue weighted by Crippen LogP contribution is -2.42. The second kappa shape index (κ2) is 7.63. The number of furan rings is 1. The van der Waals surface area contributed by atoms with Crippen LogP contribution in [-0.4, -0.2) is 15.5 Å². The number of benzene rings is 2. The summed E-state index contributed by atoms with van der Waals surface area (Å²) in [5.74, 6) is 0.0603. The molecule has 0 aliphatic carbocycles. The number of hydrogen-bond donors (Lipinski definition) is 0. The van der Waals surface area contributed by atoms with Crippen LogP contribution in [0.15, 0.2) is 59.0 Å². The zero-order valence-electron chi connectivity index (χ0n) is 14.7. The van der Waals surface area contributed by atoms with Gasteiger partial charge in [0.2, 0.25) is 3.79 Å². The van der Waals surface area contributed by atoms with Crippen LogP contribution in [0.25, 0.3) is 11.0 Å². The normalized spacial score (nSPS) is 12.2. The molecule has 0 spiro atoms. The predicted octanol–water partition coefficient (Wildman–Crippen LogP) is 6.69. The molecule has 3 rings (SSSR count). The number of hydrogen-bond acceptors (Lipinski definition) is 4. The lowest BCUT2D eigenvalue weighted by Gasteiger charge is -2.30. The van der Waals surface area contributed by atoms with E-state index in [0.29, 0.717) is 12.0 Å². The summed E-state index contributed by atoms with van der Waals surface area (Å²) in [4.78, 5) is 12.3. The molecule has 1 aromatic heterocycles. The van der Waals surface area contributed by atoms with Crippen LogP contribution >= 0.6 is 34.8 Å². The number of ether oxygens (including phenoxy) is 2. The minimum absolute atomic E-state index is 0.0603. The molecule has 0 bridgehead atoms. The summed E-state index contributed by atoms with van der Waals surface area (Å²) in [5.41, 5.74) is 0.997. The van der Waals surface area contributed by atoms with Crippen LogP contribution in [0.4, 0.5) is 4.79 Å². The maximum atomic E-state index is 12.3. The third-order valence-corrected chi connectivity index (χ3v) is 5.45. The molecule has 0 saturated carbocycles. The first-order valence-electron chi connectivity index (χ1n) is 8.19. The van der Waals surface area contributed by atoms with Gasteiger partial charge in [-0.3, -0.25) is 0 Å². The number of carbonyl (C=O) groups is 1. The fraction of sp³-hybridized carbons (Fsp3) is 0.250. The summed E-state index contributed by atoms with van der Waals surface area (Å²) >= 11 is 17.5. The average molecular weight is 428 g/mol. The molecule has 7 heteroatoms. The van der Waals surface area contributed by atoms with Crippen molar-refractivity contribution < 1.29 is 18.7 Å². The maximum absolute atomic E-state index is 12.3. The van der Waals surface area contributed by atoms with Crippen LogP contribution in [0, 0.1) is 0 Å². The van der Waals surface area contributed by atoms with Crippen molar-refractivity contribution >= 4 is 51.9 Å². The third-order valence-electron chi connectivity index (χ3n) is 4.08. The Balaban J connectivity index is 1.90. The summed E-state index contributed by atoms with van der Waals surface area (Å²) in [5, 5.41) is 0.852. The van der Waals surface area contributed by atoms with E-state index in [0.717, 1.165) is 16.5 Å². The van der Waals surface area contributed by atoms with Crippen LogP contribution in [0.1, 0.15) is 25.0 Å². The van der Waals surface area contributed by atoms with Crippen molar-refractivity contribution in [1.82, 2.24) is 0 Å². The number of para-hydroxylation sites is 1. The number of rotatable bonds is 4. The van der Waals surface area contributed by atoms with Gasteiger partial charge >= 0.3 is 6.16 Å². The van der Waals surface area contributed by atoms with Gasteiger partial charge < -0.3 is 13.9 Å². The molecule has 0 radical (unpaired) electrons. The standard InChI is InChI=1S/C20H17Cl3O4/c1-19(2,20(21,22)23)27-18(24)26-17-15(12-13-8-4-3-5-9-13)14-10-6-7-11-16(14)25-17/h3-11H,12H2,1-2H3. The van der Waals surface area contributed by atoms with Gasteiger partial charge in [-0.25, -0.2) is 4.79 Å². The van der Waals surface area contributed by atoms with E-state index in [1.807, 2.05) is 48.5 Å². The highest BCUT2D eigenvalue weighted by atomic mass is 35.6. The molecule has 4 nitrogen and oxygen atoms in total. The Morgan fingerprint density at radius 1 is 1.00 bits per heavy atom. The molecule has 0 atom stereocenters. The molecule has 0 aliphatic rings. The minimum atomic E-state index is -1.81. The Kier molecular flexibility index (Phi) is 5.61. The van der Waals surface area contributed by atoms with Crippen molar-refractivity contribution in [3.8, 4) is 5.95 Å². The van der Waals surface area contributed by atoms with Crippen LogP contribution in [0.5, 0.6) is 5.95 Å². The largest absolute Gasteiger partial charge is 0.516 e. The van der Waals surface area contributed by atoms with Gasteiger partial charge in [-0.15, -0.1) is 0 Å². The molecular weight excluding hydrogens is 411 g/mol. The van der Waals surface area contributed by atoms with Gasteiger partial charge in [-0.1, -0.05) is 83.3 Å². The Morgan fingerprint density at radius 2 is 1.63 bits per heavy atom. The molecule has 1 heterocycles. The third kappa shape index (κ3) is 4.52. The van der Waals surface area contributed by atoms with Crippen LogP contribution in [0.3, 0.4) is 0 Å². The SMILES string of the molecule is CC(C)(OC(=O)Oc1oc2ccccc2c1Cc1ccccc1)C(Cl)(Cl)Cl. The van der Waals surface area contributed by atoms with Crippen LogP contribution in [-0.2, 0) is 11.2 Å². The summed E-state index contributed by atoms with van der Waals surface area (Å²) in [6.07, 6.45) is -0.492. The van der Waals surface area contributed by atoms with Gasteiger partial charge in [0.25, 0.3) is 5.95 Å². The average Bonchev–Trinajstić information content (AvgIpc) is 2.91. The first-order valence-corrected chi connectivity index (χ1v) is 9.32. The minimum Gasteiger partial charge on any atom is -0.425 e.